The summed E-state index contributed by atoms with van der Waals surface area (Å²) < 4.78 is 0. The van der Waals surface area contributed by atoms with Crippen molar-refractivity contribution in [2.75, 3.05) is 4.90 Å². The molecule has 0 aliphatic carbocycles. The Balaban J connectivity index is 0.00000243. The number of hydrogen-bond acceptors (Lipinski definition) is 4. The van der Waals surface area contributed by atoms with Gasteiger partial charge in [-0.15, -0.1) is 0 Å². The summed E-state index contributed by atoms with van der Waals surface area (Å²) in [5.74, 6) is -0.800. The number of phenolic OH excluding ortho intramolecular Hbond substituents is 2. The third-order valence-corrected chi connectivity index (χ3v) is 4.93. The molecular formula is C20H23NO4S. The van der Waals surface area contributed by atoms with E-state index < -0.39 is 0 Å². The molecule has 3 unspecified atom stereocenters. The molecule has 6 heteroatoms. The predicted molar refractivity (Wildman–Crippen MR) is 105 cm³/mol. The molecule has 3 rings (SSSR count). The maximum atomic E-state index is 12.8. The Labute approximate surface area is 159 Å². The second-order valence-electron chi connectivity index (χ2n) is 6.65. The van der Waals surface area contributed by atoms with E-state index in [4.69, 9.17) is 0 Å². The summed E-state index contributed by atoms with van der Waals surface area (Å²) in [6, 6.07) is 13.0. The molecule has 0 aromatic heterocycles. The van der Waals surface area contributed by atoms with Crippen LogP contribution in [0, 0.1) is 11.8 Å². The second-order valence-corrected chi connectivity index (χ2v) is 6.65. The average molecular weight is 373 g/mol. The highest BCUT2D eigenvalue weighted by atomic mass is 32.1. The van der Waals surface area contributed by atoms with Crippen molar-refractivity contribution in [2.24, 2.45) is 11.8 Å². The first-order chi connectivity index (χ1) is 11.9. The number of anilines is 1. The maximum Gasteiger partial charge on any atom is 0.237 e. The molecule has 1 aliphatic heterocycles. The number of nitrogens with zero attached hydrogens (tertiary/aromatic N) is 1. The molecule has 2 aromatic carbocycles. The lowest BCUT2D eigenvalue weighted by atomic mass is 9.85. The van der Waals surface area contributed by atoms with Crippen molar-refractivity contribution in [1.82, 2.24) is 0 Å². The number of amides is 2. The largest absolute Gasteiger partial charge is 0.508 e. The van der Waals surface area contributed by atoms with E-state index in [9.17, 15) is 19.8 Å². The Kier molecular flexibility index (Phi) is 5.97. The quantitative estimate of drug-likeness (QED) is 0.804. The molecule has 1 heterocycles. The zero-order valence-electron chi connectivity index (χ0n) is 14.7. The summed E-state index contributed by atoms with van der Waals surface area (Å²) in [6.45, 7) is 3.80. The Morgan fingerprint density at radius 2 is 1.42 bits per heavy atom. The highest BCUT2D eigenvalue weighted by Gasteiger charge is 2.46. The molecule has 3 atom stereocenters. The highest BCUT2D eigenvalue weighted by molar-refractivity contribution is 7.59. The molecule has 0 bridgehead atoms. The minimum atomic E-state index is -0.388. The smallest absolute Gasteiger partial charge is 0.237 e. The van der Waals surface area contributed by atoms with E-state index in [1.807, 2.05) is 19.1 Å². The van der Waals surface area contributed by atoms with Crippen LogP contribution in [0.5, 0.6) is 11.5 Å². The molecule has 1 saturated heterocycles. The van der Waals surface area contributed by atoms with Crippen LogP contribution in [0.15, 0.2) is 48.5 Å². The molecule has 0 radical (unpaired) electrons. The summed E-state index contributed by atoms with van der Waals surface area (Å²) in [6.07, 6.45) is 0.561. The van der Waals surface area contributed by atoms with Gasteiger partial charge in [0.05, 0.1) is 11.6 Å². The summed E-state index contributed by atoms with van der Waals surface area (Å²) in [5, 5.41) is 18.8. The van der Waals surface area contributed by atoms with Gasteiger partial charge in [0, 0.05) is 5.92 Å². The molecule has 2 amide bonds. The van der Waals surface area contributed by atoms with Gasteiger partial charge in [-0.3, -0.25) is 14.5 Å². The second kappa shape index (κ2) is 7.83. The number of aromatic hydroxyl groups is 2. The molecule has 1 fully saturated rings. The van der Waals surface area contributed by atoms with Crippen LogP contribution >= 0.6 is 13.5 Å². The van der Waals surface area contributed by atoms with Crippen LogP contribution in [-0.2, 0) is 9.59 Å². The monoisotopic (exact) mass is 373 g/mol. The lowest BCUT2D eigenvalue weighted by molar-refractivity contribution is -0.122. The molecule has 2 aromatic rings. The summed E-state index contributed by atoms with van der Waals surface area (Å²) >= 11 is 0. The van der Waals surface area contributed by atoms with Crippen molar-refractivity contribution in [1.29, 1.82) is 0 Å². The van der Waals surface area contributed by atoms with Crippen LogP contribution in [0.4, 0.5) is 5.69 Å². The zero-order valence-corrected chi connectivity index (χ0v) is 15.7. The fraction of sp³-hybridized carbons (Fsp3) is 0.300. The van der Waals surface area contributed by atoms with Gasteiger partial charge in [-0.05, 0) is 54.3 Å². The number of carbonyl (C=O) groups excluding carboxylic acids is 2. The Morgan fingerprint density at radius 3 is 1.96 bits per heavy atom. The van der Waals surface area contributed by atoms with Crippen molar-refractivity contribution in [3.8, 4) is 11.5 Å². The first-order valence-electron chi connectivity index (χ1n) is 8.34. The molecule has 2 N–H and O–H groups in total. The van der Waals surface area contributed by atoms with Gasteiger partial charge in [0.2, 0.25) is 11.8 Å². The average Bonchev–Trinajstić information content (AvgIpc) is 2.80. The van der Waals surface area contributed by atoms with Crippen LogP contribution in [0.25, 0.3) is 0 Å². The molecule has 1 aliphatic rings. The standard InChI is InChI=1S/C20H21NO4.H2S/c1-12(14-3-7-16(22)8-4-14)11-18-13(2)19(24)21(20(18)25)15-5-9-17(23)10-6-15;/h3-10,12-13,18,22-23H,11H2,1-2H3;1H2. The van der Waals surface area contributed by atoms with Gasteiger partial charge in [-0.1, -0.05) is 26.0 Å². The van der Waals surface area contributed by atoms with Crippen LogP contribution in [0.2, 0.25) is 0 Å². The minimum absolute atomic E-state index is 0. The molecule has 0 saturated carbocycles. The number of phenols is 2. The number of rotatable bonds is 4. The predicted octanol–water partition coefficient (Wildman–Crippen LogP) is 3.53. The van der Waals surface area contributed by atoms with Gasteiger partial charge < -0.3 is 10.2 Å². The van der Waals surface area contributed by atoms with Crippen molar-refractivity contribution < 1.29 is 19.8 Å². The lowest BCUT2D eigenvalue weighted by Crippen LogP contribution is -2.30. The number of imide groups is 1. The zero-order chi connectivity index (χ0) is 18.1. The van der Waals surface area contributed by atoms with E-state index in [-0.39, 0.29) is 54.6 Å². The molecule has 26 heavy (non-hydrogen) atoms. The van der Waals surface area contributed by atoms with Gasteiger partial charge in [-0.25, -0.2) is 0 Å². The van der Waals surface area contributed by atoms with Crippen LogP contribution < -0.4 is 4.90 Å². The van der Waals surface area contributed by atoms with E-state index >= 15 is 0 Å². The number of benzene rings is 2. The maximum absolute atomic E-state index is 12.8. The van der Waals surface area contributed by atoms with Crippen molar-refractivity contribution >= 4 is 31.0 Å². The summed E-state index contributed by atoms with van der Waals surface area (Å²) in [5.41, 5.74) is 1.51. The fourth-order valence-corrected chi connectivity index (χ4v) is 3.34. The number of hydrogen-bond donors (Lipinski definition) is 2. The first kappa shape index (κ1) is 19.8. The molecule has 0 spiro atoms. The van der Waals surface area contributed by atoms with Crippen LogP contribution in [0.3, 0.4) is 0 Å². The van der Waals surface area contributed by atoms with Gasteiger partial charge >= 0.3 is 0 Å². The van der Waals surface area contributed by atoms with E-state index in [0.717, 1.165) is 5.56 Å². The Bertz CT molecular complexity index is 788. The summed E-state index contributed by atoms with van der Waals surface area (Å²) in [7, 11) is 0. The van der Waals surface area contributed by atoms with Crippen LogP contribution in [-0.4, -0.2) is 22.0 Å². The molecular weight excluding hydrogens is 350 g/mol. The third kappa shape index (κ3) is 3.70. The van der Waals surface area contributed by atoms with E-state index in [2.05, 4.69) is 0 Å². The highest BCUT2D eigenvalue weighted by Crippen LogP contribution is 2.37. The Morgan fingerprint density at radius 1 is 0.923 bits per heavy atom. The van der Waals surface area contributed by atoms with Gasteiger partial charge in [0.25, 0.3) is 0 Å². The number of carbonyl (C=O) groups is 2. The molecule has 138 valence electrons. The van der Waals surface area contributed by atoms with Crippen molar-refractivity contribution in [3.05, 3.63) is 54.1 Å². The van der Waals surface area contributed by atoms with Gasteiger partial charge in [-0.2, -0.15) is 13.5 Å². The SMILES string of the molecule is CC(CC1C(=O)N(c2ccc(O)cc2)C(=O)C1C)c1ccc(O)cc1.S. The topological polar surface area (TPSA) is 77.8 Å². The lowest BCUT2D eigenvalue weighted by Gasteiger charge is -2.18. The third-order valence-electron chi connectivity index (χ3n) is 4.93. The Hall–Kier alpha value is -2.47. The minimum Gasteiger partial charge on any atom is -0.508 e. The molecule has 5 nitrogen and oxygen atoms in total. The van der Waals surface area contributed by atoms with E-state index in [1.54, 1.807) is 31.2 Å². The van der Waals surface area contributed by atoms with Gasteiger partial charge in [0.15, 0.2) is 0 Å². The van der Waals surface area contributed by atoms with E-state index in [0.29, 0.717) is 12.1 Å². The first-order valence-corrected chi connectivity index (χ1v) is 8.34. The fourth-order valence-electron chi connectivity index (χ4n) is 3.34. The summed E-state index contributed by atoms with van der Waals surface area (Å²) in [4.78, 5) is 26.6. The van der Waals surface area contributed by atoms with Crippen LogP contribution in [0.1, 0.15) is 31.7 Å². The van der Waals surface area contributed by atoms with Crippen molar-refractivity contribution in [2.45, 2.75) is 26.2 Å². The van der Waals surface area contributed by atoms with E-state index in [1.165, 1.54) is 17.0 Å². The van der Waals surface area contributed by atoms with Gasteiger partial charge in [0.1, 0.15) is 11.5 Å². The normalized spacial score (nSPS) is 20.8. The van der Waals surface area contributed by atoms with Crippen molar-refractivity contribution in [3.63, 3.8) is 0 Å².